The second-order valence-electron chi connectivity index (χ2n) is 4.92. The number of benzene rings is 1. The van der Waals surface area contributed by atoms with Crippen molar-refractivity contribution in [3.8, 4) is 23.8 Å². The number of nitrogens with zero attached hydrogens (tertiary/aromatic N) is 1. The number of amides is 2. The van der Waals surface area contributed by atoms with E-state index >= 15 is 0 Å². The molecule has 1 fully saturated rings. The summed E-state index contributed by atoms with van der Waals surface area (Å²) in [6.07, 6.45) is 6.73. The van der Waals surface area contributed by atoms with Crippen LogP contribution in [0.4, 0.5) is 4.79 Å². The molecule has 1 saturated heterocycles. The minimum absolute atomic E-state index is 0.0777. The van der Waals surface area contributed by atoms with Gasteiger partial charge in [0, 0.05) is 0 Å². The molecule has 0 bridgehead atoms. The van der Waals surface area contributed by atoms with Gasteiger partial charge in [-0.15, -0.1) is 6.42 Å². The molecule has 0 spiro atoms. The van der Waals surface area contributed by atoms with E-state index in [0.717, 1.165) is 16.7 Å². The maximum Gasteiger partial charge on any atom is 0.341 e. The van der Waals surface area contributed by atoms with Crippen molar-refractivity contribution in [1.82, 2.24) is 4.90 Å². The van der Waals surface area contributed by atoms with Crippen molar-refractivity contribution in [1.29, 1.82) is 0 Å². The zero-order valence-corrected chi connectivity index (χ0v) is 16.6. The molecule has 2 amide bonds. The summed E-state index contributed by atoms with van der Waals surface area (Å²) >= 11 is 2.80. The Labute approximate surface area is 167 Å². The van der Waals surface area contributed by atoms with E-state index in [1.807, 2.05) is 22.6 Å². The second kappa shape index (κ2) is 8.95. The van der Waals surface area contributed by atoms with Crippen LogP contribution in [0, 0.1) is 15.9 Å². The van der Waals surface area contributed by atoms with E-state index in [9.17, 15) is 14.4 Å². The second-order valence-corrected chi connectivity index (χ2v) is 7.07. The average Bonchev–Trinajstić information content (AvgIpc) is 2.82. The maximum atomic E-state index is 12.2. The number of aliphatic carboxylic acids is 1. The first kappa shape index (κ1) is 20.1. The van der Waals surface area contributed by atoms with E-state index in [0.29, 0.717) is 27.2 Å². The van der Waals surface area contributed by atoms with Gasteiger partial charge in [0.2, 0.25) is 0 Å². The van der Waals surface area contributed by atoms with Crippen LogP contribution in [0.15, 0.2) is 17.0 Å². The third-order valence-electron chi connectivity index (χ3n) is 3.09. The van der Waals surface area contributed by atoms with Crippen LogP contribution in [0.2, 0.25) is 0 Å². The maximum absolute atomic E-state index is 12.2. The molecule has 136 valence electrons. The van der Waals surface area contributed by atoms with Gasteiger partial charge in [-0.3, -0.25) is 14.5 Å². The van der Waals surface area contributed by atoms with E-state index < -0.39 is 23.7 Å². The molecule has 7 nitrogen and oxygen atoms in total. The first-order valence-electron chi connectivity index (χ1n) is 7.37. The van der Waals surface area contributed by atoms with Gasteiger partial charge in [0.15, 0.2) is 18.1 Å². The minimum atomic E-state index is -1.10. The molecular weight excluding hydrogens is 473 g/mol. The van der Waals surface area contributed by atoms with Crippen molar-refractivity contribution in [2.45, 2.75) is 6.92 Å². The Morgan fingerprint density at radius 2 is 2.15 bits per heavy atom. The highest BCUT2D eigenvalue weighted by molar-refractivity contribution is 14.1. The molecule has 1 aliphatic heterocycles. The topological polar surface area (TPSA) is 93.1 Å². The van der Waals surface area contributed by atoms with Gasteiger partial charge in [0.05, 0.1) is 21.6 Å². The number of carbonyl (C=O) groups excluding carboxylic acids is 2. The van der Waals surface area contributed by atoms with Gasteiger partial charge < -0.3 is 14.6 Å². The van der Waals surface area contributed by atoms with Gasteiger partial charge >= 0.3 is 5.97 Å². The highest BCUT2D eigenvalue weighted by Gasteiger charge is 2.34. The average molecular weight is 487 g/mol. The van der Waals surface area contributed by atoms with Crippen LogP contribution in [0.25, 0.3) is 6.08 Å². The molecule has 1 aromatic carbocycles. The number of imide groups is 1. The summed E-state index contributed by atoms with van der Waals surface area (Å²) in [6, 6.07) is 3.33. The predicted molar refractivity (Wildman–Crippen MR) is 105 cm³/mol. The largest absolute Gasteiger partial charge is 0.490 e. The Hall–Kier alpha value is -2.19. The van der Waals surface area contributed by atoms with E-state index in [4.69, 9.17) is 21.0 Å². The predicted octanol–water partition coefficient (Wildman–Crippen LogP) is 2.82. The number of rotatable bonds is 7. The fourth-order valence-corrected chi connectivity index (χ4v) is 3.71. The van der Waals surface area contributed by atoms with Gasteiger partial charge in [-0.05, 0) is 65.0 Å². The quantitative estimate of drug-likeness (QED) is 0.359. The summed E-state index contributed by atoms with van der Waals surface area (Å²) < 4.78 is 11.4. The molecule has 0 aliphatic carbocycles. The molecule has 0 atom stereocenters. The highest BCUT2D eigenvalue weighted by atomic mass is 127. The lowest BCUT2D eigenvalue weighted by Crippen LogP contribution is -2.28. The third-order valence-corrected chi connectivity index (χ3v) is 4.80. The summed E-state index contributed by atoms with van der Waals surface area (Å²) in [5.74, 6) is 1.40. The van der Waals surface area contributed by atoms with Crippen molar-refractivity contribution in [2.75, 3.05) is 19.8 Å². The van der Waals surface area contributed by atoms with Crippen LogP contribution < -0.4 is 9.47 Å². The Bertz CT molecular complexity index is 829. The molecule has 1 aliphatic rings. The monoisotopic (exact) mass is 487 g/mol. The highest BCUT2D eigenvalue weighted by Crippen LogP contribution is 2.37. The van der Waals surface area contributed by atoms with Crippen LogP contribution in [-0.2, 0) is 9.59 Å². The molecular formula is C17H14INO6S. The standard InChI is InChI=1S/C17H14INO6S/c1-3-5-19-16(22)13(26-17(19)23)8-10-6-11(18)15(25-9-14(20)21)12(7-10)24-4-2/h1,6-8H,4-5,9H2,2H3,(H,20,21)/b13-8+. The van der Waals surface area contributed by atoms with Crippen LogP contribution in [0.3, 0.4) is 0 Å². The Morgan fingerprint density at radius 3 is 2.77 bits per heavy atom. The van der Waals surface area contributed by atoms with E-state index in [1.54, 1.807) is 25.1 Å². The lowest BCUT2D eigenvalue weighted by atomic mass is 10.2. The minimum Gasteiger partial charge on any atom is -0.490 e. The van der Waals surface area contributed by atoms with Crippen molar-refractivity contribution in [2.24, 2.45) is 0 Å². The molecule has 1 aromatic rings. The molecule has 1 heterocycles. The molecule has 0 radical (unpaired) electrons. The van der Waals surface area contributed by atoms with E-state index in [2.05, 4.69) is 5.92 Å². The van der Waals surface area contributed by atoms with Gasteiger partial charge in [-0.25, -0.2) is 4.79 Å². The van der Waals surface area contributed by atoms with Crippen LogP contribution in [0.1, 0.15) is 12.5 Å². The van der Waals surface area contributed by atoms with Gasteiger partial charge in [-0.2, -0.15) is 0 Å². The Morgan fingerprint density at radius 1 is 1.42 bits per heavy atom. The molecule has 1 N–H and O–H groups in total. The summed E-state index contributed by atoms with van der Waals surface area (Å²) in [7, 11) is 0. The molecule has 0 unspecified atom stereocenters. The van der Waals surface area contributed by atoms with Crippen LogP contribution in [0.5, 0.6) is 11.5 Å². The van der Waals surface area contributed by atoms with Crippen molar-refractivity contribution < 1.29 is 29.0 Å². The smallest absolute Gasteiger partial charge is 0.341 e. The molecule has 9 heteroatoms. The number of carboxylic acids is 1. The summed E-state index contributed by atoms with van der Waals surface area (Å²) in [4.78, 5) is 36.1. The van der Waals surface area contributed by atoms with E-state index in [-0.39, 0.29) is 11.4 Å². The summed E-state index contributed by atoms with van der Waals surface area (Å²) in [5.41, 5.74) is 0.617. The molecule has 0 saturated carbocycles. The van der Waals surface area contributed by atoms with E-state index in [1.165, 1.54) is 0 Å². The summed E-state index contributed by atoms with van der Waals surface area (Å²) in [6.45, 7) is 1.56. The Balaban J connectivity index is 2.36. The first-order chi connectivity index (χ1) is 12.4. The molecule has 2 rings (SSSR count). The van der Waals surface area contributed by atoms with Gasteiger partial charge in [-0.1, -0.05) is 5.92 Å². The number of hydrogen-bond acceptors (Lipinski definition) is 6. The number of carboxylic acid groups (broad SMARTS) is 1. The van der Waals surface area contributed by atoms with Crippen molar-refractivity contribution in [3.05, 3.63) is 26.2 Å². The van der Waals surface area contributed by atoms with Crippen LogP contribution >= 0.6 is 34.4 Å². The summed E-state index contributed by atoms with van der Waals surface area (Å²) in [5, 5.41) is 8.37. The number of halogens is 1. The van der Waals surface area contributed by atoms with Crippen molar-refractivity contribution >= 4 is 57.5 Å². The molecule has 0 aromatic heterocycles. The number of thioether (sulfide) groups is 1. The van der Waals surface area contributed by atoms with Gasteiger partial charge in [0.1, 0.15) is 0 Å². The Kier molecular flexibility index (Phi) is 6.93. The molecule has 26 heavy (non-hydrogen) atoms. The number of terminal acetylenes is 1. The van der Waals surface area contributed by atoms with Gasteiger partial charge in [0.25, 0.3) is 11.1 Å². The zero-order valence-electron chi connectivity index (χ0n) is 13.7. The number of carbonyl (C=O) groups is 3. The fourth-order valence-electron chi connectivity index (χ4n) is 2.09. The van der Waals surface area contributed by atoms with Crippen molar-refractivity contribution in [3.63, 3.8) is 0 Å². The number of hydrogen-bond donors (Lipinski definition) is 1. The number of ether oxygens (including phenoxy) is 2. The SMILES string of the molecule is C#CCN1C(=O)S/C(=C/c2cc(I)c(OCC(=O)O)c(OCC)c2)C1=O. The third kappa shape index (κ3) is 4.70. The lowest BCUT2D eigenvalue weighted by molar-refractivity contribution is -0.139. The van der Waals surface area contributed by atoms with Crippen LogP contribution in [-0.4, -0.2) is 46.9 Å². The fraction of sp³-hybridized carbons (Fsp3) is 0.235. The lowest BCUT2D eigenvalue weighted by Gasteiger charge is -2.13. The first-order valence-corrected chi connectivity index (χ1v) is 9.26. The zero-order chi connectivity index (χ0) is 19.3. The normalized spacial score (nSPS) is 15.3.